The van der Waals surface area contributed by atoms with Crippen molar-refractivity contribution in [1.29, 1.82) is 0 Å². The van der Waals surface area contributed by atoms with Crippen molar-refractivity contribution < 1.29 is 5.21 Å². The van der Waals surface area contributed by atoms with E-state index < -0.39 is 0 Å². The first-order valence-electron chi connectivity index (χ1n) is 6.59. The molecule has 0 spiro atoms. The Bertz CT molecular complexity index is 613. The molecule has 20 heavy (non-hydrogen) atoms. The van der Waals surface area contributed by atoms with Crippen LogP contribution in [0.5, 0.6) is 0 Å². The Balaban J connectivity index is 2.25. The molecule has 1 aromatic carbocycles. The highest BCUT2D eigenvalue weighted by Crippen LogP contribution is 2.16. The second-order valence-electron chi connectivity index (χ2n) is 4.68. The third kappa shape index (κ3) is 2.96. The third-order valence-electron chi connectivity index (χ3n) is 3.26. The highest BCUT2D eigenvalue weighted by atomic mass is 16.4. The number of aromatic nitrogens is 2. The highest BCUT2D eigenvalue weighted by molar-refractivity contribution is 5.82. The van der Waals surface area contributed by atoms with E-state index in [1.54, 1.807) is 6.20 Å². The van der Waals surface area contributed by atoms with Gasteiger partial charge < -0.3 is 15.8 Å². The number of rotatable bonds is 5. The largest absolute Gasteiger partial charge is 0.409 e. The minimum absolute atomic E-state index is 0.0618. The van der Waals surface area contributed by atoms with Gasteiger partial charge in [0.05, 0.1) is 17.2 Å². The van der Waals surface area contributed by atoms with E-state index in [1.165, 1.54) is 0 Å². The van der Waals surface area contributed by atoms with Gasteiger partial charge >= 0.3 is 0 Å². The van der Waals surface area contributed by atoms with E-state index in [9.17, 15) is 0 Å². The molecule has 0 amide bonds. The molecular weight excluding hydrogens is 254 g/mol. The predicted octanol–water partition coefficient (Wildman–Crippen LogP) is 1.84. The summed E-state index contributed by atoms with van der Waals surface area (Å²) in [6.45, 7) is 5.34. The van der Waals surface area contributed by atoms with E-state index in [-0.39, 0.29) is 11.8 Å². The number of para-hydroxylation sites is 2. The maximum Gasteiger partial charge on any atom is 0.147 e. The lowest BCUT2D eigenvalue weighted by Crippen LogP contribution is -2.35. The molecular formula is C14H19N5O. The summed E-state index contributed by atoms with van der Waals surface area (Å²) in [7, 11) is 0. The molecule has 0 aliphatic heterocycles. The fourth-order valence-electron chi connectivity index (χ4n) is 2.01. The summed E-state index contributed by atoms with van der Waals surface area (Å²) in [5, 5.41) is 11.8. The molecule has 0 saturated carbocycles. The normalized spacial score (nSPS) is 13.4. The fourth-order valence-corrected chi connectivity index (χ4v) is 2.01. The number of amidine groups is 1. The Morgan fingerprint density at radius 3 is 2.75 bits per heavy atom. The lowest BCUT2D eigenvalue weighted by Gasteiger charge is -2.24. The standard InChI is InChI=1S/C14H19N5O/c1-3-19(9-10(2)14(15)18-20)13-8-16-11-6-4-5-7-12(11)17-13/h4-8,10,20H,3,9H2,1-2H3,(H2,15,18). The number of anilines is 1. The van der Waals surface area contributed by atoms with Gasteiger partial charge in [0.15, 0.2) is 0 Å². The zero-order chi connectivity index (χ0) is 14.5. The van der Waals surface area contributed by atoms with E-state index in [0.717, 1.165) is 23.4 Å². The number of fused-ring (bicyclic) bond motifs is 1. The van der Waals surface area contributed by atoms with Crippen LogP contribution in [0.25, 0.3) is 11.0 Å². The molecule has 2 rings (SSSR count). The molecule has 0 fully saturated rings. The topological polar surface area (TPSA) is 87.6 Å². The molecule has 0 aliphatic rings. The number of oxime groups is 1. The van der Waals surface area contributed by atoms with Gasteiger partial charge in [-0.05, 0) is 19.1 Å². The van der Waals surface area contributed by atoms with Crippen LogP contribution >= 0.6 is 0 Å². The van der Waals surface area contributed by atoms with Gasteiger partial charge in [0.1, 0.15) is 11.7 Å². The van der Waals surface area contributed by atoms with Crippen LogP contribution in [0, 0.1) is 5.92 Å². The van der Waals surface area contributed by atoms with E-state index >= 15 is 0 Å². The lowest BCUT2D eigenvalue weighted by atomic mass is 10.1. The van der Waals surface area contributed by atoms with Crippen LogP contribution in [0.1, 0.15) is 13.8 Å². The molecule has 0 aliphatic carbocycles. The first-order valence-corrected chi connectivity index (χ1v) is 6.59. The zero-order valence-electron chi connectivity index (χ0n) is 11.7. The second kappa shape index (κ2) is 6.18. The average molecular weight is 273 g/mol. The van der Waals surface area contributed by atoms with Crippen molar-refractivity contribution in [2.24, 2.45) is 16.8 Å². The number of hydrogen-bond donors (Lipinski definition) is 2. The molecule has 0 bridgehead atoms. The van der Waals surface area contributed by atoms with Crippen molar-refractivity contribution in [2.45, 2.75) is 13.8 Å². The summed E-state index contributed by atoms with van der Waals surface area (Å²) in [6.07, 6.45) is 1.75. The number of hydrogen-bond acceptors (Lipinski definition) is 5. The Morgan fingerprint density at radius 1 is 1.40 bits per heavy atom. The highest BCUT2D eigenvalue weighted by Gasteiger charge is 2.14. The van der Waals surface area contributed by atoms with Gasteiger partial charge in [0, 0.05) is 19.0 Å². The minimum Gasteiger partial charge on any atom is -0.409 e. The summed E-state index contributed by atoms with van der Waals surface area (Å²) in [6, 6.07) is 7.75. The number of nitrogens with two attached hydrogens (primary N) is 1. The van der Waals surface area contributed by atoms with E-state index in [1.807, 2.05) is 38.1 Å². The molecule has 1 aromatic heterocycles. The van der Waals surface area contributed by atoms with Crippen LogP contribution in [0.3, 0.4) is 0 Å². The monoisotopic (exact) mass is 273 g/mol. The first kappa shape index (κ1) is 14.0. The van der Waals surface area contributed by atoms with Gasteiger partial charge in [-0.25, -0.2) is 4.98 Å². The van der Waals surface area contributed by atoms with Crippen molar-refractivity contribution >= 4 is 22.7 Å². The molecule has 6 heteroatoms. The van der Waals surface area contributed by atoms with Gasteiger partial charge in [0.2, 0.25) is 0 Å². The van der Waals surface area contributed by atoms with Crippen molar-refractivity contribution in [3.63, 3.8) is 0 Å². The van der Waals surface area contributed by atoms with E-state index in [2.05, 4.69) is 20.0 Å². The molecule has 1 unspecified atom stereocenters. The van der Waals surface area contributed by atoms with E-state index in [4.69, 9.17) is 10.9 Å². The molecule has 0 saturated heterocycles. The Labute approximate surface area is 117 Å². The van der Waals surface area contributed by atoms with Crippen LogP contribution in [-0.2, 0) is 0 Å². The number of benzene rings is 1. The molecule has 6 nitrogen and oxygen atoms in total. The molecule has 2 aromatic rings. The summed E-state index contributed by atoms with van der Waals surface area (Å²) in [5.41, 5.74) is 7.36. The summed E-state index contributed by atoms with van der Waals surface area (Å²) >= 11 is 0. The smallest absolute Gasteiger partial charge is 0.147 e. The Morgan fingerprint density at radius 2 is 2.10 bits per heavy atom. The van der Waals surface area contributed by atoms with Crippen LogP contribution in [0.4, 0.5) is 5.82 Å². The maximum atomic E-state index is 8.72. The van der Waals surface area contributed by atoms with Crippen LogP contribution in [-0.4, -0.2) is 34.1 Å². The van der Waals surface area contributed by atoms with Crippen molar-refractivity contribution in [3.8, 4) is 0 Å². The summed E-state index contributed by atoms with van der Waals surface area (Å²) in [5.74, 6) is 0.953. The van der Waals surface area contributed by atoms with E-state index in [0.29, 0.717) is 6.54 Å². The van der Waals surface area contributed by atoms with Gasteiger partial charge in [-0.2, -0.15) is 0 Å². The summed E-state index contributed by atoms with van der Waals surface area (Å²) < 4.78 is 0. The number of nitrogens with zero attached hydrogens (tertiary/aromatic N) is 4. The predicted molar refractivity (Wildman–Crippen MR) is 80.0 cm³/mol. The molecule has 1 heterocycles. The third-order valence-corrected chi connectivity index (χ3v) is 3.26. The maximum absolute atomic E-state index is 8.72. The quantitative estimate of drug-likeness (QED) is 0.375. The van der Waals surface area contributed by atoms with Gasteiger partial charge in [-0.15, -0.1) is 0 Å². The van der Waals surface area contributed by atoms with Gasteiger partial charge in [-0.3, -0.25) is 4.98 Å². The van der Waals surface area contributed by atoms with Crippen molar-refractivity contribution in [1.82, 2.24) is 9.97 Å². The Hall–Kier alpha value is -2.37. The first-order chi connectivity index (χ1) is 9.65. The van der Waals surface area contributed by atoms with Crippen LogP contribution < -0.4 is 10.6 Å². The molecule has 106 valence electrons. The average Bonchev–Trinajstić information content (AvgIpc) is 2.51. The Kier molecular flexibility index (Phi) is 4.34. The SMILES string of the molecule is CCN(CC(C)C(N)=NO)c1cnc2ccccc2n1. The van der Waals surface area contributed by atoms with Crippen molar-refractivity contribution in [2.75, 3.05) is 18.0 Å². The van der Waals surface area contributed by atoms with Gasteiger partial charge in [-0.1, -0.05) is 24.2 Å². The zero-order valence-corrected chi connectivity index (χ0v) is 11.7. The lowest BCUT2D eigenvalue weighted by molar-refractivity contribution is 0.314. The van der Waals surface area contributed by atoms with Crippen LogP contribution in [0.15, 0.2) is 35.6 Å². The van der Waals surface area contributed by atoms with Gasteiger partial charge in [0.25, 0.3) is 0 Å². The summed E-state index contributed by atoms with van der Waals surface area (Å²) in [4.78, 5) is 11.1. The second-order valence-corrected chi connectivity index (χ2v) is 4.68. The van der Waals surface area contributed by atoms with Crippen LogP contribution in [0.2, 0.25) is 0 Å². The molecule has 1 atom stereocenters. The minimum atomic E-state index is -0.0618. The molecule has 3 N–H and O–H groups in total. The molecule has 0 radical (unpaired) electrons. The fraction of sp³-hybridized carbons (Fsp3) is 0.357. The van der Waals surface area contributed by atoms with Crippen molar-refractivity contribution in [3.05, 3.63) is 30.5 Å².